The Morgan fingerprint density at radius 1 is 1.65 bits per heavy atom. The number of hydrogen-bond acceptors (Lipinski definition) is 5. The maximum Gasteiger partial charge on any atom is 0.310 e. The summed E-state index contributed by atoms with van der Waals surface area (Å²) >= 11 is 0. The van der Waals surface area contributed by atoms with E-state index in [1.807, 2.05) is 17.9 Å². The van der Waals surface area contributed by atoms with Crippen LogP contribution < -0.4 is 10.6 Å². The zero-order valence-electron chi connectivity index (χ0n) is 10.1. The van der Waals surface area contributed by atoms with Crippen LogP contribution in [-0.4, -0.2) is 31.2 Å². The summed E-state index contributed by atoms with van der Waals surface area (Å²) in [5.41, 5.74) is 7.63. The van der Waals surface area contributed by atoms with Gasteiger partial charge in [0.25, 0.3) is 0 Å². The van der Waals surface area contributed by atoms with Crippen LogP contribution in [0.5, 0.6) is 0 Å². The van der Waals surface area contributed by atoms with Crippen molar-refractivity contribution in [2.24, 2.45) is 5.92 Å². The number of ether oxygens (including phenoxy) is 1. The first kappa shape index (κ1) is 11.7. The van der Waals surface area contributed by atoms with E-state index in [0.29, 0.717) is 12.2 Å². The van der Waals surface area contributed by atoms with Crippen LogP contribution >= 0.6 is 0 Å². The molecule has 2 N–H and O–H groups in total. The number of anilines is 2. The number of carbonyl (C=O) groups excluding carboxylic acids is 1. The summed E-state index contributed by atoms with van der Waals surface area (Å²) in [6.07, 6.45) is 2.58. The number of rotatable bonds is 2. The highest BCUT2D eigenvalue weighted by atomic mass is 16.5. The van der Waals surface area contributed by atoms with Crippen LogP contribution in [-0.2, 0) is 9.53 Å². The monoisotopic (exact) mass is 235 g/mol. The lowest BCUT2D eigenvalue weighted by molar-refractivity contribution is -0.144. The number of aromatic nitrogens is 1. The molecule has 1 aromatic heterocycles. The predicted molar refractivity (Wildman–Crippen MR) is 65.7 cm³/mol. The van der Waals surface area contributed by atoms with Crippen LogP contribution in [0.25, 0.3) is 0 Å². The summed E-state index contributed by atoms with van der Waals surface area (Å²) in [6.45, 7) is 3.38. The van der Waals surface area contributed by atoms with E-state index in [1.165, 1.54) is 7.11 Å². The van der Waals surface area contributed by atoms with Gasteiger partial charge in [-0.2, -0.15) is 0 Å². The Hall–Kier alpha value is -1.78. The Labute approximate surface area is 101 Å². The maximum atomic E-state index is 11.4. The molecule has 1 saturated heterocycles. The van der Waals surface area contributed by atoms with Crippen LogP contribution in [0.2, 0.25) is 0 Å². The number of carbonyl (C=O) groups is 1. The molecule has 0 aromatic carbocycles. The lowest BCUT2D eigenvalue weighted by Crippen LogP contribution is -2.25. The fraction of sp³-hybridized carbons (Fsp3) is 0.500. The minimum Gasteiger partial charge on any atom is -0.469 e. The molecular weight excluding hydrogens is 218 g/mol. The van der Waals surface area contributed by atoms with Crippen molar-refractivity contribution < 1.29 is 9.53 Å². The van der Waals surface area contributed by atoms with Crippen LogP contribution in [0.4, 0.5) is 11.5 Å². The van der Waals surface area contributed by atoms with Gasteiger partial charge in [0.2, 0.25) is 0 Å². The van der Waals surface area contributed by atoms with Crippen molar-refractivity contribution in [3.05, 3.63) is 17.8 Å². The first-order valence-electron chi connectivity index (χ1n) is 5.66. The summed E-state index contributed by atoms with van der Waals surface area (Å²) in [5, 5.41) is 0. The Balaban J connectivity index is 2.12. The van der Waals surface area contributed by atoms with Gasteiger partial charge in [-0.3, -0.25) is 4.79 Å². The first-order chi connectivity index (χ1) is 8.11. The Morgan fingerprint density at radius 3 is 3.06 bits per heavy atom. The molecule has 1 aliphatic heterocycles. The molecule has 17 heavy (non-hydrogen) atoms. The second-order valence-corrected chi connectivity index (χ2v) is 4.38. The highest BCUT2D eigenvalue weighted by Crippen LogP contribution is 2.27. The number of esters is 1. The van der Waals surface area contributed by atoms with Crippen molar-refractivity contribution >= 4 is 17.5 Å². The smallest absolute Gasteiger partial charge is 0.310 e. The van der Waals surface area contributed by atoms with Gasteiger partial charge in [-0.1, -0.05) is 0 Å². The standard InChI is InChI=1S/C12H17N3O2/c1-8-5-10(13)11(14-6-8)15-4-3-9(7-15)12(16)17-2/h5-6,9H,3-4,7,13H2,1-2H3. The van der Waals surface area contributed by atoms with Crippen LogP contribution in [0.15, 0.2) is 12.3 Å². The van der Waals surface area contributed by atoms with Crippen molar-refractivity contribution in [3.63, 3.8) is 0 Å². The molecule has 1 aliphatic rings. The van der Waals surface area contributed by atoms with Gasteiger partial charge in [0.05, 0.1) is 18.7 Å². The van der Waals surface area contributed by atoms with E-state index in [0.717, 1.165) is 24.3 Å². The van der Waals surface area contributed by atoms with Crippen molar-refractivity contribution in [3.8, 4) is 0 Å². The Kier molecular flexibility index (Phi) is 3.17. The van der Waals surface area contributed by atoms with E-state index < -0.39 is 0 Å². The third kappa shape index (κ3) is 2.33. The van der Waals surface area contributed by atoms with Crippen molar-refractivity contribution in [1.29, 1.82) is 0 Å². The number of pyridine rings is 1. The van der Waals surface area contributed by atoms with E-state index in [9.17, 15) is 4.79 Å². The van der Waals surface area contributed by atoms with Gasteiger partial charge in [0, 0.05) is 19.3 Å². The van der Waals surface area contributed by atoms with Crippen molar-refractivity contribution in [2.45, 2.75) is 13.3 Å². The molecule has 1 aromatic rings. The van der Waals surface area contributed by atoms with Gasteiger partial charge in [0.15, 0.2) is 5.82 Å². The maximum absolute atomic E-state index is 11.4. The van der Waals surface area contributed by atoms with Gasteiger partial charge >= 0.3 is 5.97 Å². The van der Waals surface area contributed by atoms with E-state index >= 15 is 0 Å². The van der Waals surface area contributed by atoms with Gasteiger partial charge in [-0.25, -0.2) is 4.98 Å². The number of methoxy groups -OCH3 is 1. The molecule has 1 fully saturated rings. The molecule has 92 valence electrons. The van der Waals surface area contributed by atoms with Gasteiger partial charge in [0.1, 0.15) is 0 Å². The fourth-order valence-electron chi connectivity index (χ4n) is 2.16. The minimum absolute atomic E-state index is 0.0671. The highest BCUT2D eigenvalue weighted by molar-refractivity contribution is 5.75. The lowest BCUT2D eigenvalue weighted by Gasteiger charge is -2.19. The number of nitrogens with two attached hydrogens (primary N) is 1. The Morgan fingerprint density at radius 2 is 2.41 bits per heavy atom. The van der Waals surface area contributed by atoms with Crippen molar-refractivity contribution in [2.75, 3.05) is 30.8 Å². The second kappa shape index (κ2) is 4.61. The molecule has 0 bridgehead atoms. The minimum atomic E-state index is -0.154. The molecular formula is C12H17N3O2. The molecule has 2 heterocycles. The van der Waals surface area contributed by atoms with E-state index in [4.69, 9.17) is 10.5 Å². The molecule has 0 amide bonds. The lowest BCUT2D eigenvalue weighted by atomic mass is 10.1. The fourth-order valence-corrected chi connectivity index (χ4v) is 2.16. The summed E-state index contributed by atoms with van der Waals surface area (Å²) in [7, 11) is 1.42. The van der Waals surface area contributed by atoms with Gasteiger partial charge in [-0.15, -0.1) is 0 Å². The van der Waals surface area contributed by atoms with Crippen LogP contribution in [0.1, 0.15) is 12.0 Å². The largest absolute Gasteiger partial charge is 0.469 e. The third-order valence-electron chi connectivity index (χ3n) is 3.05. The Bertz CT molecular complexity index is 434. The highest BCUT2D eigenvalue weighted by Gasteiger charge is 2.30. The number of nitrogens with zero attached hydrogens (tertiary/aromatic N) is 2. The number of hydrogen-bond donors (Lipinski definition) is 1. The number of nitrogen functional groups attached to an aromatic ring is 1. The average molecular weight is 235 g/mol. The zero-order valence-corrected chi connectivity index (χ0v) is 10.1. The molecule has 0 aliphatic carbocycles. The number of aryl methyl sites for hydroxylation is 1. The predicted octanol–water partition coefficient (Wildman–Crippen LogP) is 0.972. The molecule has 0 spiro atoms. The molecule has 2 rings (SSSR count). The summed E-state index contributed by atoms with van der Waals surface area (Å²) in [6, 6.07) is 1.90. The first-order valence-corrected chi connectivity index (χ1v) is 5.66. The normalized spacial score (nSPS) is 19.4. The average Bonchev–Trinajstić information content (AvgIpc) is 2.77. The van der Waals surface area contributed by atoms with Gasteiger partial charge < -0.3 is 15.4 Å². The molecule has 0 radical (unpaired) electrons. The summed E-state index contributed by atoms with van der Waals surface area (Å²) < 4.78 is 4.75. The molecule has 1 unspecified atom stereocenters. The molecule has 5 heteroatoms. The van der Waals surface area contributed by atoms with E-state index in [2.05, 4.69) is 4.98 Å². The van der Waals surface area contributed by atoms with Gasteiger partial charge in [-0.05, 0) is 25.0 Å². The van der Waals surface area contributed by atoms with E-state index in [1.54, 1.807) is 6.20 Å². The topological polar surface area (TPSA) is 68.5 Å². The molecule has 0 saturated carbocycles. The quantitative estimate of drug-likeness (QED) is 0.774. The second-order valence-electron chi connectivity index (χ2n) is 4.38. The summed E-state index contributed by atoms with van der Waals surface area (Å²) in [5.74, 6) is 0.544. The molecule has 5 nitrogen and oxygen atoms in total. The van der Waals surface area contributed by atoms with Crippen molar-refractivity contribution in [1.82, 2.24) is 4.98 Å². The van der Waals surface area contributed by atoms with E-state index in [-0.39, 0.29) is 11.9 Å². The molecule has 1 atom stereocenters. The zero-order chi connectivity index (χ0) is 12.4. The summed E-state index contributed by atoms with van der Waals surface area (Å²) in [4.78, 5) is 17.8. The third-order valence-corrected chi connectivity index (χ3v) is 3.05. The SMILES string of the molecule is COC(=O)C1CCN(c2ncc(C)cc2N)C1. The van der Waals surface area contributed by atoms with Crippen LogP contribution in [0.3, 0.4) is 0 Å². The van der Waals surface area contributed by atoms with Crippen LogP contribution in [0, 0.1) is 12.8 Å².